The van der Waals surface area contributed by atoms with E-state index in [1.54, 1.807) is 0 Å². The molecule has 0 aliphatic heterocycles. The van der Waals surface area contributed by atoms with Gasteiger partial charge in [-0.05, 0) is 12.8 Å². The lowest BCUT2D eigenvalue weighted by Crippen LogP contribution is -2.12. The Hall–Kier alpha value is 0.700. The summed E-state index contributed by atoms with van der Waals surface area (Å²) in [7, 11) is 0. The monoisotopic (exact) mass is 374 g/mol. The van der Waals surface area contributed by atoms with Gasteiger partial charge in [-0.1, -0.05) is 123 Å². The summed E-state index contributed by atoms with van der Waals surface area (Å²) in [5.74, 6) is 0. The van der Waals surface area contributed by atoms with Crippen molar-refractivity contribution in [1.82, 2.24) is 0 Å². The van der Waals surface area contributed by atoms with E-state index >= 15 is 0 Å². The second-order valence-corrected chi connectivity index (χ2v) is 9.85. The molecule has 0 atom stereocenters. The minimum absolute atomic E-state index is 0.0242. The van der Waals surface area contributed by atoms with Crippen LogP contribution < -0.4 is 0 Å². The van der Waals surface area contributed by atoms with Gasteiger partial charge in [0.1, 0.15) is 0 Å². The molecule has 0 amide bonds. The molecular formula is C22H46S2. The van der Waals surface area contributed by atoms with Gasteiger partial charge in [0.05, 0.1) is 4.08 Å². The van der Waals surface area contributed by atoms with Crippen LogP contribution in [0, 0.1) is 0 Å². The van der Waals surface area contributed by atoms with Crippen LogP contribution >= 0.6 is 25.3 Å². The van der Waals surface area contributed by atoms with Crippen molar-refractivity contribution in [2.45, 2.75) is 140 Å². The molecule has 0 spiro atoms. The Labute approximate surface area is 165 Å². The summed E-state index contributed by atoms with van der Waals surface area (Å²) in [5, 5.41) is 0. The van der Waals surface area contributed by atoms with Gasteiger partial charge in [-0.2, -0.15) is 25.3 Å². The van der Waals surface area contributed by atoms with Crippen molar-refractivity contribution in [1.29, 1.82) is 0 Å². The lowest BCUT2D eigenvalue weighted by molar-refractivity contribution is 0.518. The lowest BCUT2D eigenvalue weighted by atomic mass is 10.0. The van der Waals surface area contributed by atoms with Crippen LogP contribution in [-0.4, -0.2) is 4.08 Å². The average molecular weight is 375 g/mol. The van der Waals surface area contributed by atoms with E-state index in [0.717, 1.165) is 0 Å². The Morgan fingerprint density at radius 3 is 0.958 bits per heavy atom. The lowest BCUT2D eigenvalue weighted by Gasteiger charge is -2.22. The SMILES string of the molecule is CCCCCCCCCCCCC(S)(S)CCCCCCCCC. The van der Waals surface area contributed by atoms with E-state index in [-0.39, 0.29) is 4.08 Å². The number of thiol groups is 2. The van der Waals surface area contributed by atoms with Gasteiger partial charge >= 0.3 is 0 Å². The Morgan fingerprint density at radius 1 is 0.417 bits per heavy atom. The minimum atomic E-state index is -0.0242. The molecule has 0 aromatic rings. The maximum absolute atomic E-state index is 4.80. The van der Waals surface area contributed by atoms with Crippen LogP contribution in [0.4, 0.5) is 0 Å². The zero-order valence-corrected chi connectivity index (χ0v) is 18.6. The molecule has 146 valence electrons. The van der Waals surface area contributed by atoms with Gasteiger partial charge in [0.2, 0.25) is 0 Å². The van der Waals surface area contributed by atoms with E-state index in [0.29, 0.717) is 0 Å². The van der Waals surface area contributed by atoms with Crippen molar-refractivity contribution in [2.24, 2.45) is 0 Å². The summed E-state index contributed by atoms with van der Waals surface area (Å²) in [6, 6.07) is 0. The molecular weight excluding hydrogens is 328 g/mol. The third-order valence-corrected chi connectivity index (χ3v) is 6.01. The fourth-order valence-electron chi connectivity index (χ4n) is 3.39. The molecule has 0 nitrogen and oxygen atoms in total. The maximum Gasteiger partial charge on any atom is 0.0552 e. The third-order valence-electron chi connectivity index (χ3n) is 5.11. The molecule has 0 fully saturated rings. The molecule has 0 bridgehead atoms. The molecule has 0 rings (SSSR count). The third kappa shape index (κ3) is 19.0. The van der Waals surface area contributed by atoms with Crippen molar-refractivity contribution in [3.05, 3.63) is 0 Å². The van der Waals surface area contributed by atoms with Gasteiger partial charge in [0, 0.05) is 0 Å². The van der Waals surface area contributed by atoms with Crippen LogP contribution in [0.25, 0.3) is 0 Å². The van der Waals surface area contributed by atoms with E-state index in [2.05, 4.69) is 13.8 Å². The largest absolute Gasteiger partial charge is 0.162 e. The first-order valence-electron chi connectivity index (χ1n) is 11.1. The molecule has 0 aliphatic carbocycles. The van der Waals surface area contributed by atoms with Crippen LogP contribution in [-0.2, 0) is 0 Å². The predicted molar refractivity (Wildman–Crippen MR) is 120 cm³/mol. The van der Waals surface area contributed by atoms with Crippen LogP contribution in [0.5, 0.6) is 0 Å². The summed E-state index contributed by atoms with van der Waals surface area (Å²) >= 11 is 9.60. The van der Waals surface area contributed by atoms with E-state index in [4.69, 9.17) is 25.3 Å². The molecule has 0 aromatic heterocycles. The molecule has 0 aromatic carbocycles. The topological polar surface area (TPSA) is 0 Å². The fourth-order valence-corrected chi connectivity index (χ4v) is 4.02. The minimum Gasteiger partial charge on any atom is -0.162 e. The molecule has 0 unspecified atom stereocenters. The van der Waals surface area contributed by atoms with Crippen LogP contribution in [0.1, 0.15) is 136 Å². The van der Waals surface area contributed by atoms with E-state index < -0.39 is 0 Å². The zero-order chi connectivity index (χ0) is 17.9. The Kier molecular flexibility index (Phi) is 19.0. The van der Waals surface area contributed by atoms with Gasteiger partial charge in [-0.3, -0.25) is 0 Å². The highest BCUT2D eigenvalue weighted by atomic mass is 32.2. The molecule has 0 saturated carbocycles. The number of rotatable bonds is 19. The zero-order valence-electron chi connectivity index (χ0n) is 16.8. The van der Waals surface area contributed by atoms with E-state index in [9.17, 15) is 0 Å². The summed E-state index contributed by atoms with van der Waals surface area (Å²) < 4.78 is -0.0242. The highest BCUT2D eigenvalue weighted by Gasteiger charge is 2.18. The summed E-state index contributed by atoms with van der Waals surface area (Å²) in [6.45, 7) is 4.57. The van der Waals surface area contributed by atoms with E-state index in [1.807, 2.05) is 0 Å². The van der Waals surface area contributed by atoms with Crippen molar-refractivity contribution in [3.8, 4) is 0 Å². The summed E-state index contributed by atoms with van der Waals surface area (Å²) in [6.07, 6.45) is 26.0. The normalized spacial score (nSPS) is 12.0. The second kappa shape index (κ2) is 18.5. The second-order valence-electron chi connectivity index (χ2n) is 7.79. The quantitative estimate of drug-likeness (QED) is 0.126. The molecule has 24 heavy (non-hydrogen) atoms. The first-order valence-corrected chi connectivity index (χ1v) is 12.0. The number of hydrogen-bond acceptors (Lipinski definition) is 2. The standard InChI is InChI=1S/C22H46S2/c1-3-5-7-9-11-12-13-15-17-19-21-22(23,24)20-18-16-14-10-8-6-4-2/h23-24H,3-21H2,1-2H3. The van der Waals surface area contributed by atoms with E-state index in [1.165, 1.54) is 122 Å². The molecule has 0 N–H and O–H groups in total. The predicted octanol–water partition coefficient (Wildman–Crippen LogP) is 8.99. The molecule has 0 heterocycles. The first-order chi connectivity index (χ1) is 11.6. The van der Waals surface area contributed by atoms with Gasteiger partial charge in [0.15, 0.2) is 0 Å². The first kappa shape index (κ1) is 24.7. The van der Waals surface area contributed by atoms with Crippen LogP contribution in [0.3, 0.4) is 0 Å². The highest BCUT2D eigenvalue weighted by Crippen LogP contribution is 2.33. The molecule has 0 saturated heterocycles. The average Bonchev–Trinajstić information content (AvgIpc) is 2.55. The van der Waals surface area contributed by atoms with Gasteiger partial charge in [-0.25, -0.2) is 0 Å². The molecule has 2 heteroatoms. The highest BCUT2D eigenvalue weighted by molar-refractivity contribution is 8.00. The van der Waals surface area contributed by atoms with Gasteiger partial charge < -0.3 is 0 Å². The smallest absolute Gasteiger partial charge is 0.0552 e. The molecule has 0 radical (unpaired) electrons. The summed E-state index contributed by atoms with van der Waals surface area (Å²) in [5.41, 5.74) is 0. The van der Waals surface area contributed by atoms with Crippen LogP contribution in [0.2, 0.25) is 0 Å². The van der Waals surface area contributed by atoms with Gasteiger partial charge in [-0.15, -0.1) is 0 Å². The Bertz CT molecular complexity index is 238. The number of unbranched alkanes of at least 4 members (excludes halogenated alkanes) is 15. The Morgan fingerprint density at radius 2 is 0.667 bits per heavy atom. The van der Waals surface area contributed by atoms with Crippen molar-refractivity contribution in [2.75, 3.05) is 0 Å². The van der Waals surface area contributed by atoms with Crippen molar-refractivity contribution >= 4 is 25.3 Å². The fraction of sp³-hybridized carbons (Fsp3) is 1.00. The Balaban J connectivity index is 3.31. The van der Waals surface area contributed by atoms with Gasteiger partial charge in [0.25, 0.3) is 0 Å². The van der Waals surface area contributed by atoms with Crippen LogP contribution in [0.15, 0.2) is 0 Å². The van der Waals surface area contributed by atoms with Crippen molar-refractivity contribution < 1.29 is 0 Å². The van der Waals surface area contributed by atoms with Crippen molar-refractivity contribution in [3.63, 3.8) is 0 Å². The maximum atomic E-state index is 4.80. The molecule has 0 aliphatic rings. The number of hydrogen-bond donors (Lipinski definition) is 2. The summed E-state index contributed by atoms with van der Waals surface area (Å²) in [4.78, 5) is 0.